The summed E-state index contributed by atoms with van der Waals surface area (Å²) < 4.78 is 11.6. The van der Waals surface area contributed by atoms with Crippen LogP contribution in [-0.2, 0) is 6.61 Å². The summed E-state index contributed by atoms with van der Waals surface area (Å²) >= 11 is 0. The summed E-state index contributed by atoms with van der Waals surface area (Å²) in [6.45, 7) is 4.19. The average Bonchev–Trinajstić information content (AvgIpc) is 3.18. The number of anilines is 1. The molecule has 3 aromatic carbocycles. The smallest absolute Gasteiger partial charge is 0.291 e. The molecule has 4 rings (SSSR count). The quantitative estimate of drug-likeness (QED) is 0.476. The highest BCUT2D eigenvalue weighted by Crippen LogP contribution is 2.26. The topological polar surface area (TPSA) is 51.5 Å². The van der Waals surface area contributed by atoms with Gasteiger partial charge in [-0.05, 0) is 48.6 Å². The molecule has 0 aliphatic rings. The van der Waals surface area contributed by atoms with Crippen molar-refractivity contribution >= 4 is 22.4 Å². The minimum Gasteiger partial charge on any atom is -0.485 e. The van der Waals surface area contributed by atoms with E-state index in [4.69, 9.17) is 9.15 Å². The van der Waals surface area contributed by atoms with Crippen molar-refractivity contribution in [3.05, 3.63) is 95.4 Å². The van der Waals surface area contributed by atoms with Crippen LogP contribution in [-0.4, -0.2) is 5.91 Å². The highest BCUT2D eigenvalue weighted by atomic mass is 16.5. The molecule has 1 heterocycles. The summed E-state index contributed by atoms with van der Waals surface area (Å²) in [5, 5.41) is 5.10. The minimum absolute atomic E-state index is 0.255. The molecular formula is C24H21NO3. The van der Waals surface area contributed by atoms with Gasteiger partial charge in [-0.3, -0.25) is 4.79 Å². The second-order valence-electron chi connectivity index (χ2n) is 6.75. The van der Waals surface area contributed by atoms with Crippen LogP contribution < -0.4 is 10.1 Å². The maximum atomic E-state index is 12.5. The highest BCUT2D eigenvalue weighted by molar-refractivity contribution is 6.03. The van der Waals surface area contributed by atoms with Gasteiger partial charge in [-0.25, -0.2) is 0 Å². The fraction of sp³-hybridized carbons (Fsp3) is 0.125. The average molecular weight is 371 g/mol. The predicted molar refractivity (Wildman–Crippen MR) is 111 cm³/mol. The standard InChI is InChI=1S/C24H21NO3/c1-16-7-5-8-17(2)23(16)25-24(26)22-14-13-19(28-22)15-27-21-12-6-10-18-9-3-4-11-20(18)21/h3-14H,15H2,1-2H3,(H,25,26). The molecule has 0 fully saturated rings. The highest BCUT2D eigenvalue weighted by Gasteiger charge is 2.14. The molecule has 0 aliphatic carbocycles. The second kappa shape index (κ2) is 7.61. The van der Waals surface area contributed by atoms with Crippen LogP contribution in [0.1, 0.15) is 27.4 Å². The molecule has 4 heteroatoms. The third-order valence-corrected chi connectivity index (χ3v) is 4.72. The number of furan rings is 1. The van der Waals surface area contributed by atoms with Crippen LogP contribution in [0.4, 0.5) is 5.69 Å². The normalized spacial score (nSPS) is 10.8. The van der Waals surface area contributed by atoms with Gasteiger partial charge >= 0.3 is 0 Å². The van der Waals surface area contributed by atoms with E-state index in [1.54, 1.807) is 12.1 Å². The van der Waals surface area contributed by atoms with Crippen LogP contribution in [0, 0.1) is 13.8 Å². The molecule has 0 spiro atoms. The molecule has 0 saturated carbocycles. The lowest BCUT2D eigenvalue weighted by molar-refractivity contribution is 0.0992. The van der Waals surface area contributed by atoms with E-state index >= 15 is 0 Å². The van der Waals surface area contributed by atoms with Crippen molar-refractivity contribution in [2.45, 2.75) is 20.5 Å². The maximum absolute atomic E-state index is 12.5. The summed E-state index contributed by atoms with van der Waals surface area (Å²) in [6, 6.07) is 23.3. The molecule has 4 aromatic rings. The Morgan fingerprint density at radius 2 is 1.61 bits per heavy atom. The van der Waals surface area contributed by atoms with Crippen molar-refractivity contribution in [3.8, 4) is 5.75 Å². The van der Waals surface area contributed by atoms with Crippen LogP contribution >= 0.6 is 0 Å². The minimum atomic E-state index is -0.270. The number of hydrogen-bond acceptors (Lipinski definition) is 3. The Morgan fingerprint density at radius 3 is 2.43 bits per heavy atom. The summed E-state index contributed by atoms with van der Waals surface area (Å²) in [7, 11) is 0. The van der Waals surface area contributed by atoms with Crippen LogP contribution in [0.15, 0.2) is 77.2 Å². The van der Waals surface area contributed by atoms with Crippen LogP contribution in [0.2, 0.25) is 0 Å². The number of rotatable bonds is 5. The van der Waals surface area contributed by atoms with E-state index in [0.717, 1.165) is 33.3 Å². The first-order chi connectivity index (χ1) is 13.6. The van der Waals surface area contributed by atoms with Gasteiger partial charge in [0, 0.05) is 11.1 Å². The van der Waals surface area contributed by atoms with Crippen LogP contribution in [0.3, 0.4) is 0 Å². The van der Waals surface area contributed by atoms with Crippen molar-refractivity contribution in [3.63, 3.8) is 0 Å². The number of nitrogens with one attached hydrogen (secondary N) is 1. The number of aryl methyl sites for hydroxylation is 2. The van der Waals surface area contributed by atoms with Gasteiger partial charge in [0.15, 0.2) is 5.76 Å². The lowest BCUT2D eigenvalue weighted by Crippen LogP contribution is -2.13. The first-order valence-electron chi connectivity index (χ1n) is 9.18. The Kier molecular flexibility index (Phi) is 4.85. The van der Waals surface area contributed by atoms with Gasteiger partial charge in [-0.1, -0.05) is 54.6 Å². The molecule has 1 aromatic heterocycles. The van der Waals surface area contributed by atoms with E-state index in [2.05, 4.69) is 5.32 Å². The Balaban J connectivity index is 1.46. The number of carbonyl (C=O) groups is 1. The maximum Gasteiger partial charge on any atom is 0.291 e. The van der Waals surface area contributed by atoms with Gasteiger partial charge in [0.05, 0.1) is 0 Å². The molecule has 28 heavy (non-hydrogen) atoms. The van der Waals surface area contributed by atoms with Gasteiger partial charge in [0.25, 0.3) is 5.91 Å². The van der Waals surface area contributed by atoms with Crippen LogP contribution in [0.5, 0.6) is 5.75 Å². The zero-order valence-electron chi connectivity index (χ0n) is 15.9. The van der Waals surface area contributed by atoms with Crippen molar-refractivity contribution < 1.29 is 13.9 Å². The van der Waals surface area contributed by atoms with Crippen molar-refractivity contribution in [1.82, 2.24) is 0 Å². The molecule has 140 valence electrons. The summed E-state index contributed by atoms with van der Waals surface area (Å²) in [5.74, 6) is 1.38. The second-order valence-corrected chi connectivity index (χ2v) is 6.75. The number of para-hydroxylation sites is 1. The van der Waals surface area contributed by atoms with Gasteiger partial charge < -0.3 is 14.5 Å². The fourth-order valence-electron chi connectivity index (χ4n) is 3.23. The number of hydrogen-bond donors (Lipinski definition) is 1. The fourth-order valence-corrected chi connectivity index (χ4v) is 3.23. The lowest BCUT2D eigenvalue weighted by atomic mass is 10.1. The molecular weight excluding hydrogens is 350 g/mol. The summed E-state index contributed by atoms with van der Waals surface area (Å²) in [4.78, 5) is 12.5. The lowest BCUT2D eigenvalue weighted by Gasteiger charge is -2.10. The predicted octanol–water partition coefficient (Wildman–Crippen LogP) is 5.88. The molecule has 1 N–H and O–H groups in total. The van der Waals surface area contributed by atoms with E-state index in [-0.39, 0.29) is 18.3 Å². The molecule has 0 saturated heterocycles. The van der Waals surface area contributed by atoms with E-state index in [0.29, 0.717) is 5.76 Å². The largest absolute Gasteiger partial charge is 0.485 e. The zero-order valence-corrected chi connectivity index (χ0v) is 15.9. The number of benzene rings is 3. The number of ether oxygens (including phenoxy) is 1. The Bertz CT molecular complexity index is 1120. The number of carbonyl (C=O) groups excluding carboxylic acids is 1. The third kappa shape index (κ3) is 3.62. The Hall–Kier alpha value is -3.53. The van der Waals surface area contributed by atoms with E-state index in [1.807, 2.05) is 74.5 Å². The first kappa shape index (κ1) is 17.9. The van der Waals surface area contributed by atoms with Crippen molar-refractivity contribution in [2.24, 2.45) is 0 Å². The van der Waals surface area contributed by atoms with Crippen molar-refractivity contribution in [2.75, 3.05) is 5.32 Å². The van der Waals surface area contributed by atoms with Crippen molar-refractivity contribution in [1.29, 1.82) is 0 Å². The molecule has 0 atom stereocenters. The molecule has 0 aliphatic heterocycles. The Labute approximate surface area is 163 Å². The number of fused-ring (bicyclic) bond motifs is 1. The summed E-state index contributed by atoms with van der Waals surface area (Å²) in [6.07, 6.45) is 0. The molecule has 4 nitrogen and oxygen atoms in total. The Morgan fingerprint density at radius 1 is 0.893 bits per heavy atom. The number of amides is 1. The molecule has 1 amide bonds. The third-order valence-electron chi connectivity index (χ3n) is 4.72. The van der Waals surface area contributed by atoms with Gasteiger partial charge in [0.1, 0.15) is 18.1 Å². The molecule has 0 unspecified atom stereocenters. The first-order valence-corrected chi connectivity index (χ1v) is 9.18. The van der Waals surface area contributed by atoms with E-state index in [9.17, 15) is 4.79 Å². The SMILES string of the molecule is Cc1cccc(C)c1NC(=O)c1ccc(COc2cccc3ccccc23)o1. The molecule has 0 radical (unpaired) electrons. The summed E-state index contributed by atoms with van der Waals surface area (Å²) in [5.41, 5.74) is 2.84. The monoisotopic (exact) mass is 371 g/mol. The van der Waals surface area contributed by atoms with E-state index < -0.39 is 0 Å². The van der Waals surface area contributed by atoms with Gasteiger partial charge in [0.2, 0.25) is 0 Å². The van der Waals surface area contributed by atoms with Gasteiger partial charge in [-0.2, -0.15) is 0 Å². The van der Waals surface area contributed by atoms with Gasteiger partial charge in [-0.15, -0.1) is 0 Å². The zero-order chi connectivity index (χ0) is 19.5. The molecule has 0 bridgehead atoms. The van der Waals surface area contributed by atoms with Crippen LogP contribution in [0.25, 0.3) is 10.8 Å². The van der Waals surface area contributed by atoms with E-state index in [1.165, 1.54) is 0 Å².